The predicted molar refractivity (Wildman–Crippen MR) is 131 cm³/mol. The van der Waals surface area contributed by atoms with Gasteiger partial charge in [-0.25, -0.2) is 4.79 Å². The molecule has 1 aromatic rings. The van der Waals surface area contributed by atoms with Gasteiger partial charge < -0.3 is 18.8 Å². The molecule has 1 spiro atoms. The molecule has 0 aromatic heterocycles. The Balaban J connectivity index is 1.79. The molecular formula is C25H40N2O5Si. The monoisotopic (exact) mass is 476 g/mol. The summed E-state index contributed by atoms with van der Waals surface area (Å²) in [5.74, 6) is 0.744. The first-order valence-electron chi connectivity index (χ1n) is 11.7. The minimum atomic E-state index is -2.06. The van der Waals surface area contributed by atoms with Crippen molar-refractivity contribution in [2.45, 2.75) is 89.9 Å². The Morgan fingerprint density at radius 1 is 1.12 bits per heavy atom. The lowest BCUT2D eigenvalue weighted by molar-refractivity contribution is -0.161. The van der Waals surface area contributed by atoms with Crippen LogP contribution in [-0.2, 0) is 20.5 Å². The van der Waals surface area contributed by atoms with Gasteiger partial charge in [-0.2, -0.15) is 0 Å². The van der Waals surface area contributed by atoms with Crippen LogP contribution in [0.15, 0.2) is 24.3 Å². The molecule has 184 valence electrons. The Morgan fingerprint density at radius 2 is 1.73 bits per heavy atom. The summed E-state index contributed by atoms with van der Waals surface area (Å²) >= 11 is 0. The Bertz CT molecular complexity index is 888. The summed E-state index contributed by atoms with van der Waals surface area (Å²) in [5, 5.41) is 0.0452. The van der Waals surface area contributed by atoms with Gasteiger partial charge in [-0.3, -0.25) is 9.69 Å². The van der Waals surface area contributed by atoms with Gasteiger partial charge in [0.05, 0.1) is 26.3 Å². The van der Waals surface area contributed by atoms with E-state index in [1.807, 2.05) is 45.0 Å². The first-order chi connectivity index (χ1) is 15.1. The van der Waals surface area contributed by atoms with E-state index in [0.717, 1.165) is 11.3 Å². The zero-order valence-corrected chi connectivity index (χ0v) is 22.7. The number of nitrogens with zero attached hydrogens (tertiary/aromatic N) is 2. The molecule has 8 heteroatoms. The van der Waals surface area contributed by atoms with Crippen molar-refractivity contribution in [1.82, 2.24) is 9.80 Å². The number of hydrogen-bond donors (Lipinski definition) is 0. The number of β-lactam (4-membered cyclic amide) rings is 1. The average molecular weight is 477 g/mol. The summed E-state index contributed by atoms with van der Waals surface area (Å²) in [4.78, 5) is 30.1. The van der Waals surface area contributed by atoms with Crippen LogP contribution < -0.4 is 4.74 Å². The smallest absolute Gasteiger partial charge is 0.411 e. The third kappa shape index (κ3) is 5.21. The molecule has 0 aliphatic carbocycles. The number of benzene rings is 1. The van der Waals surface area contributed by atoms with Gasteiger partial charge in [0.1, 0.15) is 16.9 Å². The summed E-state index contributed by atoms with van der Waals surface area (Å²) in [7, 11) is -0.427. The molecule has 2 fully saturated rings. The van der Waals surface area contributed by atoms with Crippen LogP contribution in [0.4, 0.5) is 4.79 Å². The molecule has 7 nitrogen and oxygen atoms in total. The van der Waals surface area contributed by atoms with Crippen molar-refractivity contribution in [2.75, 3.05) is 20.2 Å². The van der Waals surface area contributed by atoms with Gasteiger partial charge >= 0.3 is 6.09 Å². The highest BCUT2D eigenvalue weighted by atomic mass is 28.4. The summed E-state index contributed by atoms with van der Waals surface area (Å²) in [5.41, 5.74) is -0.497. The highest BCUT2D eigenvalue weighted by molar-refractivity contribution is 6.74. The number of carbonyl (C=O) groups is 2. The second kappa shape index (κ2) is 8.62. The highest BCUT2D eigenvalue weighted by Crippen LogP contribution is 2.45. The molecule has 3 rings (SSSR count). The molecule has 2 saturated heterocycles. The topological polar surface area (TPSA) is 68.3 Å². The van der Waals surface area contributed by atoms with E-state index in [4.69, 9.17) is 13.9 Å². The highest BCUT2D eigenvalue weighted by Gasteiger charge is 2.63. The van der Waals surface area contributed by atoms with E-state index < -0.39 is 25.6 Å². The van der Waals surface area contributed by atoms with Crippen LogP contribution >= 0.6 is 0 Å². The quantitative estimate of drug-likeness (QED) is 0.451. The first kappa shape index (κ1) is 25.6. The fraction of sp³-hybridized carbons (Fsp3) is 0.680. The third-order valence-corrected chi connectivity index (χ3v) is 11.6. The Labute approximate surface area is 199 Å². The molecule has 33 heavy (non-hydrogen) atoms. The van der Waals surface area contributed by atoms with E-state index >= 15 is 0 Å². The van der Waals surface area contributed by atoms with E-state index in [-0.39, 0.29) is 17.0 Å². The fourth-order valence-corrected chi connectivity index (χ4v) is 5.60. The lowest BCUT2D eigenvalue weighted by atomic mass is 9.85. The number of hydrogen-bond acceptors (Lipinski definition) is 5. The molecule has 1 unspecified atom stereocenters. The van der Waals surface area contributed by atoms with E-state index in [0.29, 0.717) is 26.1 Å². The van der Waals surface area contributed by atoms with Gasteiger partial charge in [-0.1, -0.05) is 32.9 Å². The number of carbonyl (C=O) groups excluding carboxylic acids is 2. The van der Waals surface area contributed by atoms with Crippen molar-refractivity contribution in [3.05, 3.63) is 29.8 Å². The summed E-state index contributed by atoms with van der Waals surface area (Å²) in [6.45, 7) is 17.9. The van der Waals surface area contributed by atoms with E-state index in [2.05, 4.69) is 33.9 Å². The van der Waals surface area contributed by atoms with Gasteiger partial charge in [0.15, 0.2) is 8.32 Å². The zero-order chi connectivity index (χ0) is 24.8. The molecule has 2 amide bonds. The van der Waals surface area contributed by atoms with E-state index in [9.17, 15) is 9.59 Å². The maximum absolute atomic E-state index is 13.5. The minimum absolute atomic E-state index is 0.0366. The van der Waals surface area contributed by atoms with Gasteiger partial charge in [0.2, 0.25) is 0 Å². The summed E-state index contributed by atoms with van der Waals surface area (Å²) in [6.07, 6.45) is -0.108. The molecular weight excluding hydrogens is 436 g/mol. The molecule has 0 bridgehead atoms. The Morgan fingerprint density at radius 3 is 2.21 bits per heavy atom. The number of amides is 2. The van der Waals surface area contributed by atoms with Crippen LogP contribution in [0.1, 0.15) is 53.5 Å². The van der Waals surface area contributed by atoms with Crippen LogP contribution in [-0.4, -0.2) is 67.6 Å². The van der Waals surface area contributed by atoms with Crippen LogP contribution in [0.3, 0.4) is 0 Å². The molecule has 2 aliphatic rings. The van der Waals surface area contributed by atoms with Crippen LogP contribution in [0.5, 0.6) is 5.75 Å². The van der Waals surface area contributed by atoms with Gasteiger partial charge in [0, 0.05) is 13.0 Å². The minimum Gasteiger partial charge on any atom is -0.497 e. The van der Waals surface area contributed by atoms with Crippen molar-refractivity contribution in [2.24, 2.45) is 0 Å². The molecule has 2 heterocycles. The zero-order valence-electron chi connectivity index (χ0n) is 21.7. The van der Waals surface area contributed by atoms with Gasteiger partial charge in [-0.05, 0) is 56.6 Å². The molecule has 2 aliphatic heterocycles. The number of ether oxygens (including phenoxy) is 2. The largest absolute Gasteiger partial charge is 0.497 e. The molecule has 0 radical (unpaired) electrons. The lowest BCUT2D eigenvalue weighted by Crippen LogP contribution is -2.72. The second-order valence-corrected chi connectivity index (χ2v) is 16.6. The normalized spacial score (nSPS) is 23.7. The van der Waals surface area contributed by atoms with Crippen LogP contribution in [0.25, 0.3) is 0 Å². The predicted octanol–water partition coefficient (Wildman–Crippen LogP) is 4.81. The van der Waals surface area contributed by atoms with Gasteiger partial charge in [0.25, 0.3) is 5.91 Å². The van der Waals surface area contributed by atoms with Crippen molar-refractivity contribution < 1.29 is 23.5 Å². The number of likely N-dealkylation sites (tertiary alicyclic amines) is 2. The maximum Gasteiger partial charge on any atom is 0.411 e. The number of methoxy groups -OCH3 is 1. The Hall–Kier alpha value is -2.06. The number of rotatable bonds is 5. The van der Waals surface area contributed by atoms with Crippen molar-refractivity contribution >= 4 is 20.3 Å². The van der Waals surface area contributed by atoms with Gasteiger partial charge in [-0.15, -0.1) is 0 Å². The Kier molecular flexibility index (Phi) is 6.67. The third-order valence-electron chi connectivity index (χ3n) is 7.02. The molecule has 1 aromatic carbocycles. The lowest BCUT2D eigenvalue weighted by Gasteiger charge is -2.50. The standard InChI is InChI=1S/C25H40N2O5Si/c1-23(2,3)31-22(29)27-16-20(32-33(8,9)24(4,5)6)14-25(27)17-26(21(25)28)15-18-10-12-19(30-7)13-11-18/h10-13,20H,14-17H2,1-9H3/t20-,25?/m1/s1. The molecule has 0 saturated carbocycles. The van der Waals surface area contributed by atoms with E-state index in [1.54, 1.807) is 16.9 Å². The summed E-state index contributed by atoms with van der Waals surface area (Å²) in [6, 6.07) is 7.70. The van der Waals surface area contributed by atoms with E-state index in [1.165, 1.54) is 0 Å². The molecule has 2 atom stereocenters. The maximum atomic E-state index is 13.5. The first-order valence-corrected chi connectivity index (χ1v) is 14.6. The molecule has 0 N–H and O–H groups in total. The summed E-state index contributed by atoms with van der Waals surface area (Å²) < 4.78 is 17.5. The SMILES string of the molecule is COc1ccc(CN2CC3(C[C@@H](O[Si](C)(C)C(C)(C)C)CN3C(=O)OC(C)(C)C)C2=O)cc1. The fourth-order valence-electron chi connectivity index (χ4n) is 4.26. The van der Waals surface area contributed by atoms with Crippen LogP contribution in [0, 0.1) is 0 Å². The van der Waals surface area contributed by atoms with Crippen LogP contribution in [0.2, 0.25) is 18.1 Å². The van der Waals surface area contributed by atoms with Crippen molar-refractivity contribution in [3.8, 4) is 5.75 Å². The van der Waals surface area contributed by atoms with Crippen molar-refractivity contribution in [1.29, 1.82) is 0 Å². The van der Waals surface area contributed by atoms with Crippen molar-refractivity contribution in [3.63, 3.8) is 0 Å². The average Bonchev–Trinajstić information content (AvgIpc) is 3.06. The second-order valence-electron chi connectivity index (χ2n) is 11.8.